The number of fused-ring (bicyclic) bond motifs is 1. The van der Waals surface area contributed by atoms with Crippen LogP contribution in [0, 0.1) is 0 Å². The number of rotatable bonds is 9. The summed E-state index contributed by atoms with van der Waals surface area (Å²) in [5.74, 6) is -0.0726. The van der Waals surface area contributed by atoms with Gasteiger partial charge in [-0.3, -0.25) is 19.4 Å². The van der Waals surface area contributed by atoms with Gasteiger partial charge in [-0.25, -0.2) is 0 Å². The summed E-state index contributed by atoms with van der Waals surface area (Å²) in [5.41, 5.74) is 1.70. The van der Waals surface area contributed by atoms with E-state index in [0.29, 0.717) is 22.2 Å². The Morgan fingerprint density at radius 2 is 1.80 bits per heavy atom. The summed E-state index contributed by atoms with van der Waals surface area (Å²) in [4.78, 5) is 43.2. The van der Waals surface area contributed by atoms with Gasteiger partial charge in [0.15, 0.2) is 5.78 Å². The highest BCUT2D eigenvalue weighted by Gasteiger charge is 2.19. The van der Waals surface area contributed by atoms with Crippen molar-refractivity contribution in [3.63, 3.8) is 0 Å². The first-order valence-electron chi connectivity index (χ1n) is 11.5. The molecule has 7 nitrogen and oxygen atoms in total. The number of nitrogens with one attached hydrogen (secondary N) is 1. The van der Waals surface area contributed by atoms with Gasteiger partial charge < -0.3 is 14.6 Å². The number of ketones is 1. The van der Waals surface area contributed by atoms with Crippen molar-refractivity contribution in [2.24, 2.45) is 0 Å². The van der Waals surface area contributed by atoms with E-state index in [1.165, 1.54) is 31.3 Å². The minimum absolute atomic E-state index is 0.00112. The number of hydrogen-bond acceptors (Lipinski definition) is 5. The predicted molar refractivity (Wildman–Crippen MR) is 135 cm³/mol. The van der Waals surface area contributed by atoms with Crippen LogP contribution in [0.25, 0.3) is 10.9 Å². The maximum absolute atomic E-state index is 13.2. The van der Waals surface area contributed by atoms with E-state index in [2.05, 4.69) is 22.4 Å². The molecular formula is C28H27N3O4. The fraction of sp³-hybridized carbons (Fsp3) is 0.214. The molecular weight excluding hydrogens is 442 g/mol. The Morgan fingerprint density at radius 1 is 1.06 bits per heavy atom. The molecule has 0 saturated carbocycles. The monoisotopic (exact) mass is 469 g/mol. The van der Waals surface area contributed by atoms with Gasteiger partial charge in [0.25, 0.3) is 0 Å². The van der Waals surface area contributed by atoms with E-state index in [0.717, 1.165) is 12.8 Å². The molecule has 0 aliphatic heterocycles. The standard InChI is InChI=1S/C28H27N3O4/c1-19(8-9-20-6-4-3-5-7-20)30-26(32)18-31-17-24(27(33)21-12-14-29-15-13-21)28(34)23-11-10-22(35-2)16-25(23)31/h3-7,10-17,19H,8-9,18H2,1-2H3,(H,30,32)/t19-/m0/s1. The predicted octanol–water partition coefficient (Wildman–Crippen LogP) is 3.77. The average molecular weight is 470 g/mol. The Labute approximate surface area is 203 Å². The van der Waals surface area contributed by atoms with Gasteiger partial charge in [-0.15, -0.1) is 0 Å². The number of carbonyl (C=O) groups is 2. The topological polar surface area (TPSA) is 90.3 Å². The molecule has 4 rings (SSSR count). The summed E-state index contributed by atoms with van der Waals surface area (Å²) in [5, 5.41) is 3.37. The van der Waals surface area contributed by atoms with E-state index in [-0.39, 0.29) is 24.1 Å². The lowest BCUT2D eigenvalue weighted by Gasteiger charge is -2.17. The van der Waals surface area contributed by atoms with Gasteiger partial charge >= 0.3 is 0 Å². The number of ether oxygens (including phenoxy) is 1. The zero-order chi connectivity index (χ0) is 24.8. The third kappa shape index (κ3) is 5.63. The third-order valence-corrected chi connectivity index (χ3v) is 5.91. The van der Waals surface area contributed by atoms with E-state index in [9.17, 15) is 14.4 Å². The number of pyridine rings is 2. The van der Waals surface area contributed by atoms with E-state index in [1.54, 1.807) is 34.9 Å². The highest BCUT2D eigenvalue weighted by molar-refractivity contribution is 6.10. The molecule has 0 unspecified atom stereocenters. The Morgan fingerprint density at radius 3 is 2.51 bits per heavy atom. The van der Waals surface area contributed by atoms with Crippen molar-refractivity contribution >= 4 is 22.6 Å². The number of methoxy groups -OCH3 is 1. The second-order valence-electron chi connectivity index (χ2n) is 8.44. The van der Waals surface area contributed by atoms with Crippen molar-refractivity contribution in [2.75, 3.05) is 7.11 Å². The van der Waals surface area contributed by atoms with E-state index < -0.39 is 11.2 Å². The lowest BCUT2D eigenvalue weighted by molar-refractivity contribution is -0.122. The molecule has 0 aliphatic carbocycles. The van der Waals surface area contributed by atoms with Crippen LogP contribution in [0.2, 0.25) is 0 Å². The van der Waals surface area contributed by atoms with Crippen LogP contribution >= 0.6 is 0 Å². The molecule has 1 atom stereocenters. The lowest BCUT2D eigenvalue weighted by atomic mass is 10.0. The van der Waals surface area contributed by atoms with Crippen molar-refractivity contribution < 1.29 is 14.3 Å². The molecule has 0 aliphatic rings. The number of benzene rings is 2. The molecule has 178 valence electrons. The summed E-state index contributed by atoms with van der Waals surface area (Å²) in [6, 6.07) is 18.2. The molecule has 2 aromatic heterocycles. The first-order chi connectivity index (χ1) is 17.0. The second kappa shape index (κ2) is 10.8. The quantitative estimate of drug-likeness (QED) is 0.377. The maximum Gasteiger partial charge on any atom is 0.240 e. The largest absolute Gasteiger partial charge is 0.497 e. The third-order valence-electron chi connectivity index (χ3n) is 5.91. The molecule has 2 heterocycles. The average Bonchev–Trinajstić information content (AvgIpc) is 2.89. The van der Waals surface area contributed by atoms with Crippen LogP contribution in [-0.4, -0.2) is 34.4 Å². The molecule has 0 radical (unpaired) electrons. The number of aryl methyl sites for hydroxylation is 1. The zero-order valence-electron chi connectivity index (χ0n) is 19.7. The fourth-order valence-electron chi connectivity index (χ4n) is 4.02. The highest BCUT2D eigenvalue weighted by atomic mass is 16.5. The number of nitrogens with zero attached hydrogens (tertiary/aromatic N) is 2. The van der Waals surface area contributed by atoms with Crippen LogP contribution in [0.3, 0.4) is 0 Å². The van der Waals surface area contributed by atoms with Crippen molar-refractivity contribution in [1.82, 2.24) is 14.9 Å². The SMILES string of the molecule is COc1ccc2c(=O)c(C(=O)c3ccncc3)cn(CC(=O)N[C@@H](C)CCc3ccccc3)c2c1. The molecule has 1 amide bonds. The highest BCUT2D eigenvalue weighted by Crippen LogP contribution is 2.20. The van der Waals surface area contributed by atoms with Crippen LogP contribution in [0.15, 0.2) is 84.0 Å². The smallest absolute Gasteiger partial charge is 0.240 e. The van der Waals surface area contributed by atoms with E-state index in [1.807, 2.05) is 25.1 Å². The minimum Gasteiger partial charge on any atom is -0.497 e. The summed E-state index contributed by atoms with van der Waals surface area (Å²) >= 11 is 0. The van der Waals surface area contributed by atoms with Crippen LogP contribution < -0.4 is 15.5 Å². The summed E-state index contributed by atoms with van der Waals surface area (Å²) < 4.78 is 6.95. The van der Waals surface area contributed by atoms with Gasteiger partial charge in [-0.1, -0.05) is 30.3 Å². The Kier molecular flexibility index (Phi) is 7.35. The van der Waals surface area contributed by atoms with Crippen molar-refractivity contribution in [3.05, 3.63) is 106 Å². The second-order valence-corrected chi connectivity index (χ2v) is 8.44. The summed E-state index contributed by atoms with van der Waals surface area (Å²) in [6.45, 7) is 1.92. The summed E-state index contributed by atoms with van der Waals surface area (Å²) in [7, 11) is 1.53. The van der Waals surface area contributed by atoms with Gasteiger partial charge in [0, 0.05) is 41.6 Å². The number of carbonyl (C=O) groups excluding carboxylic acids is 2. The van der Waals surface area contributed by atoms with Crippen molar-refractivity contribution in [2.45, 2.75) is 32.4 Å². The molecule has 0 spiro atoms. The number of hydrogen-bond donors (Lipinski definition) is 1. The molecule has 4 aromatic rings. The Bertz CT molecular complexity index is 1400. The molecule has 0 fully saturated rings. The number of aromatic nitrogens is 2. The summed E-state index contributed by atoms with van der Waals surface area (Å²) in [6.07, 6.45) is 6.11. The van der Waals surface area contributed by atoms with Gasteiger partial charge in [0.1, 0.15) is 12.3 Å². The minimum atomic E-state index is -0.416. The molecule has 0 bridgehead atoms. The zero-order valence-corrected chi connectivity index (χ0v) is 19.7. The van der Waals surface area contributed by atoms with Crippen LogP contribution in [-0.2, 0) is 17.8 Å². The van der Waals surface area contributed by atoms with Crippen LogP contribution in [0.5, 0.6) is 5.75 Å². The molecule has 7 heteroatoms. The van der Waals surface area contributed by atoms with Crippen molar-refractivity contribution in [3.8, 4) is 5.75 Å². The molecule has 0 saturated heterocycles. The van der Waals surface area contributed by atoms with Gasteiger partial charge in [0.2, 0.25) is 11.3 Å². The number of amides is 1. The van der Waals surface area contributed by atoms with Crippen molar-refractivity contribution in [1.29, 1.82) is 0 Å². The first kappa shape index (κ1) is 23.9. The van der Waals surface area contributed by atoms with Gasteiger partial charge in [0.05, 0.1) is 18.2 Å². The first-order valence-corrected chi connectivity index (χ1v) is 11.5. The Balaban J connectivity index is 1.61. The van der Waals surface area contributed by atoms with Crippen LogP contribution in [0.4, 0.5) is 0 Å². The lowest BCUT2D eigenvalue weighted by Crippen LogP contribution is -2.36. The maximum atomic E-state index is 13.2. The van der Waals surface area contributed by atoms with Gasteiger partial charge in [-0.05, 0) is 49.6 Å². The molecule has 35 heavy (non-hydrogen) atoms. The normalized spacial score (nSPS) is 11.7. The Hall–Kier alpha value is -4.26. The van der Waals surface area contributed by atoms with Crippen LogP contribution in [0.1, 0.15) is 34.8 Å². The van der Waals surface area contributed by atoms with E-state index in [4.69, 9.17) is 4.74 Å². The molecule has 1 N–H and O–H groups in total. The fourth-order valence-corrected chi connectivity index (χ4v) is 4.02. The molecule has 2 aromatic carbocycles. The van der Waals surface area contributed by atoms with E-state index >= 15 is 0 Å². The van der Waals surface area contributed by atoms with Gasteiger partial charge in [-0.2, -0.15) is 0 Å².